The summed E-state index contributed by atoms with van der Waals surface area (Å²) in [5.41, 5.74) is 0. The van der Waals surface area contributed by atoms with Gasteiger partial charge in [0.1, 0.15) is 19.3 Å². The molecule has 0 aliphatic rings. The molecule has 0 aliphatic heterocycles. The monoisotopic (exact) mass is 1470 g/mol. The average molecular weight is 1470 g/mol. The van der Waals surface area contributed by atoms with Gasteiger partial charge in [-0.05, 0) is 49.4 Å². The molecule has 0 fully saturated rings. The highest BCUT2D eigenvalue weighted by atomic mass is 31.2. The predicted octanol–water partition coefficient (Wildman–Crippen LogP) is 24.0. The molecule has 0 aromatic rings. The Morgan fingerprint density at radius 2 is 0.480 bits per heavy atom. The fourth-order valence-electron chi connectivity index (χ4n) is 12.3. The minimum Gasteiger partial charge on any atom is -0.462 e. The second-order valence-corrected chi connectivity index (χ2v) is 33.3. The molecule has 0 aliphatic carbocycles. The van der Waals surface area contributed by atoms with Gasteiger partial charge >= 0.3 is 39.5 Å². The zero-order valence-corrected chi connectivity index (χ0v) is 67.6. The van der Waals surface area contributed by atoms with Gasteiger partial charge in [-0.2, -0.15) is 0 Å². The number of esters is 4. The summed E-state index contributed by atoms with van der Waals surface area (Å²) in [7, 11) is -9.92. The molecule has 0 aromatic heterocycles. The zero-order valence-electron chi connectivity index (χ0n) is 65.8. The number of rotatable bonds is 78. The van der Waals surface area contributed by atoms with E-state index in [4.69, 9.17) is 37.0 Å². The van der Waals surface area contributed by atoms with E-state index in [1.54, 1.807) is 0 Å². The second-order valence-electron chi connectivity index (χ2n) is 30.4. The lowest BCUT2D eigenvalue weighted by molar-refractivity contribution is -0.161. The van der Waals surface area contributed by atoms with Crippen LogP contribution in [0.2, 0.25) is 0 Å². The zero-order chi connectivity index (χ0) is 73.8. The van der Waals surface area contributed by atoms with Gasteiger partial charge in [-0.15, -0.1) is 0 Å². The van der Waals surface area contributed by atoms with Gasteiger partial charge in [0.05, 0.1) is 26.4 Å². The van der Waals surface area contributed by atoms with Crippen LogP contribution in [0.1, 0.15) is 415 Å². The first-order chi connectivity index (χ1) is 48.2. The maximum atomic E-state index is 13.1. The van der Waals surface area contributed by atoms with Crippen LogP contribution >= 0.6 is 15.6 Å². The normalized spacial score (nSPS) is 14.8. The molecule has 0 radical (unpaired) electrons. The predicted molar refractivity (Wildman–Crippen MR) is 409 cm³/mol. The molecule has 594 valence electrons. The highest BCUT2D eigenvalue weighted by molar-refractivity contribution is 7.47. The molecule has 8 atom stereocenters. The van der Waals surface area contributed by atoms with Crippen LogP contribution in [-0.2, 0) is 65.4 Å². The number of phosphoric ester groups is 2. The minimum atomic E-state index is -4.96. The van der Waals surface area contributed by atoms with Crippen molar-refractivity contribution in [2.45, 2.75) is 433 Å². The topological polar surface area (TPSA) is 237 Å². The number of unbranched alkanes of at least 4 members (excludes halogenated alkanes) is 41. The first-order valence-electron chi connectivity index (χ1n) is 41.8. The fourth-order valence-corrected chi connectivity index (χ4v) is 13.9. The Balaban J connectivity index is 5.13. The SMILES string of the molecule is CCC(C)CCCCCCCCCCCCCCCCCCCCC(=O)OC[C@H](COP(=O)(O)OC[C@@H](O)COP(=O)(O)OC[C@@H](COC(=O)CCCCCCCCC(C)CC)OC(=O)CCCCCCCCCCCCCCCCC(C)CC)OC(=O)CCCCCCCCCC(C)C. The van der Waals surface area contributed by atoms with Crippen molar-refractivity contribution in [2.75, 3.05) is 39.6 Å². The molecule has 0 aromatic carbocycles. The number of aliphatic hydroxyl groups is 1. The molecular weight excluding hydrogens is 1310 g/mol. The van der Waals surface area contributed by atoms with Gasteiger partial charge in [0.15, 0.2) is 12.2 Å². The van der Waals surface area contributed by atoms with Gasteiger partial charge in [0.25, 0.3) is 0 Å². The highest BCUT2D eigenvalue weighted by Gasteiger charge is 2.30. The smallest absolute Gasteiger partial charge is 0.462 e. The summed E-state index contributed by atoms with van der Waals surface area (Å²) in [6.07, 6.45) is 57.1. The minimum absolute atomic E-state index is 0.104. The van der Waals surface area contributed by atoms with E-state index in [2.05, 4.69) is 55.4 Å². The third kappa shape index (κ3) is 70.4. The molecule has 5 unspecified atom stereocenters. The molecule has 0 heterocycles. The van der Waals surface area contributed by atoms with Crippen LogP contribution in [-0.4, -0.2) is 96.7 Å². The van der Waals surface area contributed by atoms with Gasteiger partial charge in [0.2, 0.25) is 0 Å². The van der Waals surface area contributed by atoms with E-state index in [0.29, 0.717) is 31.6 Å². The first kappa shape index (κ1) is 98.1. The Hall–Kier alpha value is -1.94. The van der Waals surface area contributed by atoms with E-state index < -0.39 is 97.5 Å². The van der Waals surface area contributed by atoms with Gasteiger partial charge in [-0.25, -0.2) is 9.13 Å². The third-order valence-corrected chi connectivity index (χ3v) is 21.8. The number of hydrogen-bond donors (Lipinski definition) is 3. The van der Waals surface area contributed by atoms with E-state index in [-0.39, 0.29) is 25.7 Å². The summed E-state index contributed by atoms with van der Waals surface area (Å²) < 4.78 is 68.6. The Kier molecular flexibility index (Phi) is 68.7. The van der Waals surface area contributed by atoms with Gasteiger partial charge in [-0.3, -0.25) is 37.3 Å². The first-order valence-corrected chi connectivity index (χ1v) is 44.8. The molecule has 0 spiro atoms. The molecule has 0 saturated carbocycles. The number of ether oxygens (including phenoxy) is 4. The van der Waals surface area contributed by atoms with E-state index in [0.717, 1.165) is 114 Å². The number of hydrogen-bond acceptors (Lipinski definition) is 15. The molecule has 100 heavy (non-hydrogen) atoms. The van der Waals surface area contributed by atoms with Gasteiger partial charge < -0.3 is 33.8 Å². The largest absolute Gasteiger partial charge is 0.472 e. The number of aliphatic hydroxyl groups excluding tert-OH is 1. The van der Waals surface area contributed by atoms with Crippen LogP contribution < -0.4 is 0 Å². The van der Waals surface area contributed by atoms with E-state index in [9.17, 15) is 43.2 Å². The highest BCUT2D eigenvalue weighted by Crippen LogP contribution is 2.45. The Morgan fingerprint density at radius 1 is 0.280 bits per heavy atom. The van der Waals surface area contributed by atoms with Crippen molar-refractivity contribution in [3.8, 4) is 0 Å². The molecule has 0 saturated heterocycles. The summed E-state index contributed by atoms with van der Waals surface area (Å²) >= 11 is 0. The standard InChI is InChI=1S/C81H158O17P2/c1-9-72(6)58-50-42-34-28-24-20-16-14-12-13-15-17-22-26-30-36-45-53-61-78(83)91-67-76(98-81(86)64-56-48-38-32-33-41-49-57-71(4)5)69-95-99(87,88)93-65-75(82)66-94-100(89,90)96-70-77(68-92-79(84)62-54-46-40-39-44-52-60-74(8)11-3)97-80(85)63-55-47-37-31-27-23-19-18-21-25-29-35-43-51-59-73(7)10-2/h71-77,82H,9-70H2,1-8H3,(H,87,88)(H,89,90)/t72?,73?,74?,75-,76-,77-/m1/s1. The van der Waals surface area contributed by atoms with Crippen molar-refractivity contribution in [1.29, 1.82) is 0 Å². The molecule has 19 heteroatoms. The maximum absolute atomic E-state index is 13.1. The van der Waals surface area contributed by atoms with Crippen molar-refractivity contribution in [1.82, 2.24) is 0 Å². The fraction of sp³-hybridized carbons (Fsp3) is 0.951. The maximum Gasteiger partial charge on any atom is 0.472 e. The van der Waals surface area contributed by atoms with Gasteiger partial charge in [-0.1, -0.05) is 364 Å². The van der Waals surface area contributed by atoms with Crippen molar-refractivity contribution in [3.63, 3.8) is 0 Å². The number of carbonyl (C=O) groups excluding carboxylic acids is 4. The third-order valence-electron chi connectivity index (χ3n) is 19.9. The molecule has 17 nitrogen and oxygen atoms in total. The number of phosphoric acid groups is 2. The molecule has 0 bridgehead atoms. The second kappa shape index (κ2) is 70.1. The van der Waals surface area contributed by atoms with E-state index >= 15 is 0 Å². The van der Waals surface area contributed by atoms with Crippen molar-refractivity contribution in [2.24, 2.45) is 23.7 Å². The van der Waals surface area contributed by atoms with Crippen LogP contribution in [0.4, 0.5) is 0 Å². The summed E-state index contributed by atoms with van der Waals surface area (Å²) in [6.45, 7) is 14.3. The molecule has 0 rings (SSSR count). The lowest BCUT2D eigenvalue weighted by Gasteiger charge is -2.21. The Bertz CT molecular complexity index is 1960. The summed E-state index contributed by atoms with van der Waals surface area (Å²) in [5.74, 6) is 1.03. The number of carbonyl (C=O) groups is 4. The van der Waals surface area contributed by atoms with Gasteiger partial charge in [0, 0.05) is 25.7 Å². The van der Waals surface area contributed by atoms with E-state index in [1.807, 2.05) is 0 Å². The molecule has 0 amide bonds. The summed E-state index contributed by atoms with van der Waals surface area (Å²) in [5, 5.41) is 10.6. The van der Waals surface area contributed by atoms with Crippen LogP contribution in [0.5, 0.6) is 0 Å². The van der Waals surface area contributed by atoms with Crippen molar-refractivity contribution in [3.05, 3.63) is 0 Å². The quantitative estimate of drug-likeness (QED) is 0.0222. The van der Waals surface area contributed by atoms with E-state index in [1.165, 1.54) is 212 Å². The van der Waals surface area contributed by atoms with Crippen LogP contribution in [0.3, 0.4) is 0 Å². The summed E-state index contributed by atoms with van der Waals surface area (Å²) in [6, 6.07) is 0. The Labute approximate surface area is 613 Å². The molecule has 3 N–H and O–H groups in total. The average Bonchev–Trinajstić information content (AvgIpc) is 0.946. The summed E-state index contributed by atoms with van der Waals surface area (Å²) in [4.78, 5) is 72.9. The Morgan fingerprint density at radius 3 is 0.710 bits per heavy atom. The van der Waals surface area contributed by atoms with Crippen molar-refractivity contribution >= 4 is 39.5 Å². The molecular formula is C81H158O17P2. The van der Waals surface area contributed by atoms with Crippen LogP contribution in [0, 0.1) is 23.7 Å². The van der Waals surface area contributed by atoms with Crippen LogP contribution in [0.15, 0.2) is 0 Å². The van der Waals surface area contributed by atoms with Crippen LogP contribution in [0.25, 0.3) is 0 Å². The lowest BCUT2D eigenvalue weighted by Crippen LogP contribution is -2.30. The lowest BCUT2D eigenvalue weighted by atomic mass is 9.99. The van der Waals surface area contributed by atoms with Crippen molar-refractivity contribution < 1.29 is 80.2 Å².